The van der Waals surface area contributed by atoms with E-state index in [1.807, 2.05) is 0 Å². The minimum absolute atomic E-state index is 0.781. The van der Waals surface area contributed by atoms with E-state index in [0.29, 0.717) is 0 Å². The smallest absolute Gasteiger partial charge is 0.220 e. The monoisotopic (exact) mass is 364 g/mol. The Bertz CT molecular complexity index is 756. The highest BCUT2D eigenvalue weighted by Crippen LogP contribution is 2.60. The average molecular weight is 364 g/mol. The summed E-state index contributed by atoms with van der Waals surface area (Å²) in [5, 5.41) is 0. The first kappa shape index (κ1) is 21.4. The molecular weight excluding hydrogens is 344 g/mol. The Morgan fingerprint density at radius 1 is 0.615 bits per heavy atom. The SMILES string of the molecule is CC(=O)C1(C(C)=O)CC(=O)C(=O)C(C(C)=O)(C(C)=O)C1(C(C)=O)C(C)=O. The number of Topliss-reactive ketones (excluding diaryl/α,β-unsaturated/α-hetero) is 8. The summed E-state index contributed by atoms with van der Waals surface area (Å²) in [5.41, 5.74) is -8.55. The summed E-state index contributed by atoms with van der Waals surface area (Å²) in [5.74, 6) is -9.74. The van der Waals surface area contributed by atoms with E-state index in [1.165, 1.54) is 0 Å². The van der Waals surface area contributed by atoms with Crippen LogP contribution in [-0.4, -0.2) is 46.3 Å². The van der Waals surface area contributed by atoms with Crippen molar-refractivity contribution in [3.63, 3.8) is 0 Å². The fourth-order valence-electron chi connectivity index (χ4n) is 4.65. The lowest BCUT2D eigenvalue weighted by molar-refractivity contribution is -0.190. The van der Waals surface area contributed by atoms with Crippen molar-refractivity contribution in [2.45, 2.75) is 48.0 Å². The molecule has 0 heterocycles. The van der Waals surface area contributed by atoms with Gasteiger partial charge in [0.25, 0.3) is 0 Å². The van der Waals surface area contributed by atoms with Crippen LogP contribution in [0.25, 0.3) is 0 Å². The van der Waals surface area contributed by atoms with Gasteiger partial charge in [-0.15, -0.1) is 0 Å². The van der Waals surface area contributed by atoms with Gasteiger partial charge in [-0.05, 0) is 41.5 Å². The van der Waals surface area contributed by atoms with Gasteiger partial charge in [0.05, 0.1) is 0 Å². The zero-order chi connectivity index (χ0) is 20.8. The largest absolute Gasteiger partial charge is 0.299 e. The summed E-state index contributed by atoms with van der Waals surface area (Å²) in [7, 11) is 0. The summed E-state index contributed by atoms with van der Waals surface area (Å²) in [6.07, 6.45) is -1.04. The van der Waals surface area contributed by atoms with Crippen molar-refractivity contribution in [1.82, 2.24) is 0 Å². The lowest BCUT2D eigenvalue weighted by Crippen LogP contribution is -2.76. The molecule has 1 saturated carbocycles. The van der Waals surface area contributed by atoms with Gasteiger partial charge in [0, 0.05) is 6.42 Å². The van der Waals surface area contributed by atoms with Crippen LogP contribution in [0.4, 0.5) is 0 Å². The number of carbonyl (C=O) groups is 8. The van der Waals surface area contributed by atoms with Gasteiger partial charge in [0.2, 0.25) is 11.6 Å². The second kappa shape index (κ2) is 6.26. The molecule has 0 N–H and O–H groups in total. The van der Waals surface area contributed by atoms with Gasteiger partial charge in [-0.3, -0.25) is 38.4 Å². The lowest BCUT2D eigenvalue weighted by atomic mass is 9.38. The number of hydrogen-bond acceptors (Lipinski definition) is 8. The molecule has 0 amide bonds. The van der Waals surface area contributed by atoms with E-state index < -0.39 is 68.9 Å². The third-order valence-electron chi connectivity index (χ3n) is 5.54. The van der Waals surface area contributed by atoms with E-state index in [1.54, 1.807) is 0 Å². The summed E-state index contributed by atoms with van der Waals surface area (Å²) in [4.78, 5) is 101. The molecule has 1 rings (SSSR count). The van der Waals surface area contributed by atoms with Crippen LogP contribution < -0.4 is 0 Å². The van der Waals surface area contributed by atoms with Gasteiger partial charge >= 0.3 is 0 Å². The molecule has 0 aromatic heterocycles. The van der Waals surface area contributed by atoms with Crippen molar-refractivity contribution in [3.8, 4) is 0 Å². The Morgan fingerprint density at radius 3 is 1.19 bits per heavy atom. The first-order chi connectivity index (χ1) is 11.7. The normalized spacial score (nSPS) is 20.2. The van der Waals surface area contributed by atoms with Crippen molar-refractivity contribution < 1.29 is 38.4 Å². The summed E-state index contributed by atoms with van der Waals surface area (Å²) in [6.45, 7) is 4.98. The van der Waals surface area contributed by atoms with Gasteiger partial charge in [-0.2, -0.15) is 0 Å². The van der Waals surface area contributed by atoms with Crippen LogP contribution in [0.2, 0.25) is 0 Å². The van der Waals surface area contributed by atoms with Crippen LogP contribution in [0.5, 0.6) is 0 Å². The number of hydrogen-bond donors (Lipinski definition) is 0. The number of ketones is 8. The van der Waals surface area contributed by atoms with Crippen LogP contribution >= 0.6 is 0 Å². The highest BCUT2D eigenvalue weighted by molar-refractivity contribution is 6.54. The molecule has 8 heteroatoms. The predicted octanol–water partition coefficient (Wildman–Crippen LogP) is 0.0215. The van der Waals surface area contributed by atoms with Crippen LogP contribution in [-0.2, 0) is 38.4 Å². The maximum absolute atomic E-state index is 12.8. The standard InChI is InChI=1S/C18H20O8/c1-8(19)16(9(2)20)7-14(25)15(26)17(10(3)21,11(4)22)18(16,12(5)23)13(6)24/h7H2,1-6H3. The zero-order valence-electron chi connectivity index (χ0n) is 15.5. The predicted molar refractivity (Wildman–Crippen MR) is 86.0 cm³/mol. The van der Waals surface area contributed by atoms with Gasteiger partial charge in [0.15, 0.2) is 17.0 Å². The molecular formula is C18H20O8. The van der Waals surface area contributed by atoms with Gasteiger partial charge in [0.1, 0.15) is 34.0 Å². The molecule has 0 aliphatic heterocycles. The van der Waals surface area contributed by atoms with Crippen molar-refractivity contribution in [2.75, 3.05) is 0 Å². The number of carbonyl (C=O) groups excluding carboxylic acids is 8. The number of rotatable bonds is 6. The van der Waals surface area contributed by atoms with Gasteiger partial charge in [-0.1, -0.05) is 0 Å². The molecule has 0 aromatic rings. The van der Waals surface area contributed by atoms with E-state index in [2.05, 4.69) is 0 Å². The quantitative estimate of drug-likeness (QED) is 0.475. The summed E-state index contributed by atoms with van der Waals surface area (Å²) in [6, 6.07) is 0. The topological polar surface area (TPSA) is 137 Å². The van der Waals surface area contributed by atoms with Gasteiger partial charge in [-0.25, -0.2) is 0 Å². The lowest BCUT2D eigenvalue weighted by Gasteiger charge is -2.55. The zero-order valence-corrected chi connectivity index (χ0v) is 15.5. The highest BCUT2D eigenvalue weighted by Gasteiger charge is 2.82. The minimum atomic E-state index is -3.04. The van der Waals surface area contributed by atoms with Crippen LogP contribution in [0.15, 0.2) is 0 Å². The van der Waals surface area contributed by atoms with E-state index in [-0.39, 0.29) is 0 Å². The molecule has 0 spiro atoms. The van der Waals surface area contributed by atoms with E-state index in [0.717, 1.165) is 41.5 Å². The molecule has 1 aliphatic rings. The first-order valence-electron chi connectivity index (χ1n) is 7.84. The van der Waals surface area contributed by atoms with Crippen LogP contribution in [0, 0.1) is 16.2 Å². The minimum Gasteiger partial charge on any atom is -0.299 e. The molecule has 8 nitrogen and oxygen atoms in total. The van der Waals surface area contributed by atoms with Crippen molar-refractivity contribution >= 4 is 46.3 Å². The first-order valence-corrected chi connectivity index (χ1v) is 7.84. The molecule has 0 unspecified atom stereocenters. The van der Waals surface area contributed by atoms with E-state index in [9.17, 15) is 38.4 Å². The Balaban J connectivity index is 4.50. The molecule has 0 saturated heterocycles. The molecule has 140 valence electrons. The Morgan fingerprint density at radius 2 is 0.962 bits per heavy atom. The third-order valence-corrected chi connectivity index (χ3v) is 5.54. The van der Waals surface area contributed by atoms with Crippen molar-refractivity contribution in [1.29, 1.82) is 0 Å². The highest BCUT2D eigenvalue weighted by atomic mass is 16.2. The fraction of sp³-hybridized carbons (Fsp3) is 0.556. The maximum atomic E-state index is 12.8. The van der Waals surface area contributed by atoms with Crippen LogP contribution in [0.1, 0.15) is 48.0 Å². The Hall–Kier alpha value is -2.64. The summed E-state index contributed by atoms with van der Waals surface area (Å²) >= 11 is 0. The van der Waals surface area contributed by atoms with E-state index in [4.69, 9.17) is 0 Å². The molecule has 1 aliphatic carbocycles. The molecule has 0 aromatic carbocycles. The Labute approximate surface area is 149 Å². The molecule has 0 bridgehead atoms. The van der Waals surface area contributed by atoms with Crippen molar-refractivity contribution in [2.24, 2.45) is 16.2 Å². The molecule has 26 heavy (non-hydrogen) atoms. The van der Waals surface area contributed by atoms with Gasteiger partial charge < -0.3 is 0 Å². The molecule has 1 fully saturated rings. The summed E-state index contributed by atoms with van der Waals surface area (Å²) < 4.78 is 0. The molecule has 0 atom stereocenters. The second-order valence-corrected chi connectivity index (χ2v) is 6.67. The van der Waals surface area contributed by atoms with Crippen LogP contribution in [0.3, 0.4) is 0 Å². The van der Waals surface area contributed by atoms with E-state index >= 15 is 0 Å². The third kappa shape index (κ3) is 2.01. The van der Waals surface area contributed by atoms with Crippen molar-refractivity contribution in [3.05, 3.63) is 0 Å². The Kier molecular flexibility index (Phi) is 5.16. The second-order valence-electron chi connectivity index (χ2n) is 6.67. The molecule has 0 radical (unpaired) electrons. The maximum Gasteiger partial charge on any atom is 0.220 e. The fourth-order valence-corrected chi connectivity index (χ4v) is 4.65. The average Bonchev–Trinajstić information content (AvgIpc) is 2.46.